The summed E-state index contributed by atoms with van der Waals surface area (Å²) in [6, 6.07) is 0. The molecule has 2 rings (SSSR count). The quantitative estimate of drug-likeness (QED) is 0.482. The number of aliphatic hydroxyl groups excluding tert-OH is 2. The maximum Gasteiger partial charge on any atom is 0.0978 e. The van der Waals surface area contributed by atoms with Crippen molar-refractivity contribution >= 4 is 15.9 Å². The van der Waals surface area contributed by atoms with E-state index in [4.69, 9.17) is 5.11 Å². The average Bonchev–Trinajstić information content (AvgIpc) is 2.49. The van der Waals surface area contributed by atoms with Gasteiger partial charge in [-0.05, 0) is 73.7 Å². The first kappa shape index (κ1) is 20.4. The van der Waals surface area contributed by atoms with Gasteiger partial charge in [-0.3, -0.25) is 0 Å². The lowest BCUT2D eigenvalue weighted by molar-refractivity contribution is -0.134. The van der Waals surface area contributed by atoms with Gasteiger partial charge in [0.15, 0.2) is 0 Å². The first-order valence-corrected chi connectivity index (χ1v) is 10.3. The van der Waals surface area contributed by atoms with E-state index in [-0.39, 0.29) is 17.9 Å². The summed E-state index contributed by atoms with van der Waals surface area (Å²) in [6.45, 7) is 12.7. The average molecular weight is 403 g/mol. The molecule has 0 amide bonds. The second kappa shape index (κ2) is 7.38. The van der Waals surface area contributed by atoms with Crippen LogP contribution in [0.2, 0.25) is 0 Å². The molecule has 0 saturated heterocycles. The highest BCUT2D eigenvalue weighted by atomic mass is 79.9. The highest BCUT2D eigenvalue weighted by molar-refractivity contribution is 9.09. The predicted molar refractivity (Wildman–Crippen MR) is 102 cm³/mol. The molecule has 0 heterocycles. The molecule has 0 aromatic rings. The number of fused-ring (bicyclic) bond motifs is 1. The summed E-state index contributed by atoms with van der Waals surface area (Å²) in [5.74, 6) is 1.89. The number of hydrogen-bond donors (Lipinski definition) is 3. The monoisotopic (exact) mass is 402 g/mol. The Morgan fingerprint density at radius 3 is 2.54 bits per heavy atom. The molecule has 6 unspecified atom stereocenters. The standard InChI is InChI=1S/C20H35BrO3/c1-12(16(23)11-22)6-7-15-18-13(2)10-17(21)19(3,4)14(18)8-9-20(15,5)24/h13-18,22-24H,1,6-11H2,2-5H3/t13-,14?,15?,16?,17?,18?,20?/m0/s1. The summed E-state index contributed by atoms with van der Waals surface area (Å²) in [5, 5.41) is 30.0. The fourth-order valence-electron chi connectivity index (χ4n) is 5.34. The van der Waals surface area contributed by atoms with E-state index in [1.807, 2.05) is 6.92 Å². The Morgan fingerprint density at radius 1 is 1.33 bits per heavy atom. The second-order valence-electron chi connectivity index (χ2n) is 9.08. The van der Waals surface area contributed by atoms with Crippen molar-refractivity contribution in [3.05, 3.63) is 12.2 Å². The maximum absolute atomic E-state index is 11.1. The van der Waals surface area contributed by atoms with Gasteiger partial charge in [-0.25, -0.2) is 0 Å². The van der Waals surface area contributed by atoms with Crippen LogP contribution >= 0.6 is 15.9 Å². The lowest BCUT2D eigenvalue weighted by Gasteiger charge is -2.59. The van der Waals surface area contributed by atoms with Crippen molar-refractivity contribution in [1.29, 1.82) is 0 Å². The van der Waals surface area contributed by atoms with Crippen LogP contribution in [-0.4, -0.2) is 38.5 Å². The summed E-state index contributed by atoms with van der Waals surface area (Å²) in [7, 11) is 0. The SMILES string of the molecule is C=C(CCC1C2C(CCC1(C)O)C(C)(C)C(Br)C[C@@H]2C)C(O)CO. The zero-order chi connectivity index (χ0) is 18.3. The summed E-state index contributed by atoms with van der Waals surface area (Å²) < 4.78 is 0. The van der Waals surface area contributed by atoms with Crippen LogP contribution in [0, 0.1) is 29.1 Å². The van der Waals surface area contributed by atoms with Gasteiger partial charge >= 0.3 is 0 Å². The van der Waals surface area contributed by atoms with E-state index in [0.29, 0.717) is 34.6 Å². The van der Waals surface area contributed by atoms with Crippen molar-refractivity contribution < 1.29 is 15.3 Å². The Labute approximate surface area is 155 Å². The highest BCUT2D eigenvalue weighted by Gasteiger charge is 2.55. The molecule has 4 heteroatoms. The third-order valence-corrected chi connectivity index (χ3v) is 8.66. The molecule has 0 aliphatic heterocycles. The Kier molecular flexibility index (Phi) is 6.28. The molecule has 2 fully saturated rings. The normalized spacial score (nSPS) is 43.1. The van der Waals surface area contributed by atoms with E-state index >= 15 is 0 Å². The van der Waals surface area contributed by atoms with Crippen molar-refractivity contribution in [2.45, 2.75) is 76.3 Å². The van der Waals surface area contributed by atoms with Crippen molar-refractivity contribution in [3.63, 3.8) is 0 Å². The van der Waals surface area contributed by atoms with Crippen LogP contribution < -0.4 is 0 Å². The van der Waals surface area contributed by atoms with Gasteiger partial charge in [-0.2, -0.15) is 0 Å². The van der Waals surface area contributed by atoms with Gasteiger partial charge in [0.05, 0.1) is 18.3 Å². The summed E-state index contributed by atoms with van der Waals surface area (Å²) >= 11 is 3.91. The number of aliphatic hydroxyl groups is 3. The highest BCUT2D eigenvalue weighted by Crippen LogP contribution is 2.59. The third-order valence-electron chi connectivity index (χ3n) is 7.11. The van der Waals surface area contributed by atoms with E-state index < -0.39 is 11.7 Å². The molecule has 0 spiro atoms. The zero-order valence-corrected chi connectivity index (χ0v) is 17.2. The zero-order valence-electron chi connectivity index (χ0n) is 15.6. The van der Waals surface area contributed by atoms with Crippen molar-refractivity contribution in [3.8, 4) is 0 Å². The Balaban J connectivity index is 2.21. The minimum absolute atomic E-state index is 0.216. The number of rotatable bonds is 5. The van der Waals surface area contributed by atoms with Gasteiger partial charge in [-0.15, -0.1) is 0 Å². The van der Waals surface area contributed by atoms with Gasteiger partial charge in [0, 0.05) is 4.83 Å². The summed E-state index contributed by atoms with van der Waals surface area (Å²) in [5.41, 5.74) is 0.249. The molecule has 24 heavy (non-hydrogen) atoms. The van der Waals surface area contributed by atoms with Crippen LogP contribution in [0.5, 0.6) is 0 Å². The largest absolute Gasteiger partial charge is 0.393 e. The smallest absolute Gasteiger partial charge is 0.0978 e. The van der Waals surface area contributed by atoms with Crippen molar-refractivity contribution in [1.82, 2.24) is 0 Å². The molecular formula is C20H35BrO3. The molecule has 0 aromatic heterocycles. The van der Waals surface area contributed by atoms with Gasteiger partial charge < -0.3 is 15.3 Å². The van der Waals surface area contributed by atoms with Crippen molar-refractivity contribution in [2.75, 3.05) is 6.61 Å². The van der Waals surface area contributed by atoms with Crippen LogP contribution in [0.15, 0.2) is 12.2 Å². The topological polar surface area (TPSA) is 60.7 Å². The lowest BCUT2D eigenvalue weighted by Crippen LogP contribution is -2.56. The van der Waals surface area contributed by atoms with Crippen LogP contribution in [0.1, 0.15) is 59.8 Å². The summed E-state index contributed by atoms with van der Waals surface area (Å²) in [6.07, 6.45) is 3.70. The molecule has 0 radical (unpaired) electrons. The molecule has 3 N–H and O–H groups in total. The van der Waals surface area contributed by atoms with Gasteiger partial charge in [0.25, 0.3) is 0 Å². The fourth-order valence-corrected chi connectivity index (χ4v) is 6.27. The third kappa shape index (κ3) is 3.77. The molecule has 0 aromatic carbocycles. The second-order valence-corrected chi connectivity index (χ2v) is 10.2. The molecule has 2 aliphatic carbocycles. The van der Waals surface area contributed by atoms with Crippen LogP contribution in [-0.2, 0) is 0 Å². The van der Waals surface area contributed by atoms with Crippen LogP contribution in [0.25, 0.3) is 0 Å². The first-order chi connectivity index (χ1) is 11.0. The van der Waals surface area contributed by atoms with E-state index in [0.717, 1.165) is 25.7 Å². The van der Waals surface area contributed by atoms with E-state index in [9.17, 15) is 10.2 Å². The Hall–Kier alpha value is 0.100. The Morgan fingerprint density at radius 2 is 1.96 bits per heavy atom. The van der Waals surface area contributed by atoms with E-state index in [2.05, 4.69) is 43.3 Å². The minimum Gasteiger partial charge on any atom is -0.393 e. The molecule has 3 nitrogen and oxygen atoms in total. The number of halogens is 1. The number of hydrogen-bond acceptors (Lipinski definition) is 3. The maximum atomic E-state index is 11.1. The molecule has 140 valence electrons. The Bertz CT molecular complexity index is 460. The molecular weight excluding hydrogens is 368 g/mol. The molecule has 2 aliphatic rings. The molecule has 7 atom stereocenters. The fraction of sp³-hybridized carbons (Fsp3) is 0.900. The first-order valence-electron chi connectivity index (χ1n) is 9.35. The van der Waals surface area contributed by atoms with Gasteiger partial charge in [0.2, 0.25) is 0 Å². The molecule has 2 saturated carbocycles. The predicted octanol–water partition coefficient (Wildman–Crippen LogP) is 3.90. The van der Waals surface area contributed by atoms with Crippen molar-refractivity contribution in [2.24, 2.45) is 29.1 Å². The number of alkyl halides is 1. The minimum atomic E-state index is -0.846. The van der Waals surface area contributed by atoms with Gasteiger partial charge in [-0.1, -0.05) is 43.3 Å². The van der Waals surface area contributed by atoms with Crippen LogP contribution in [0.4, 0.5) is 0 Å². The van der Waals surface area contributed by atoms with Gasteiger partial charge in [0.1, 0.15) is 0 Å². The molecule has 0 bridgehead atoms. The summed E-state index contributed by atoms with van der Waals surface area (Å²) in [4.78, 5) is 0.524. The van der Waals surface area contributed by atoms with Crippen LogP contribution in [0.3, 0.4) is 0 Å². The van der Waals surface area contributed by atoms with E-state index in [1.165, 1.54) is 0 Å². The van der Waals surface area contributed by atoms with E-state index in [1.54, 1.807) is 0 Å². The lowest BCUT2D eigenvalue weighted by atomic mass is 9.49.